The van der Waals surface area contributed by atoms with Gasteiger partial charge in [-0.2, -0.15) is 0 Å². The molecule has 1 aliphatic rings. The quantitative estimate of drug-likeness (QED) is 0.912. The third-order valence-corrected chi connectivity index (χ3v) is 4.81. The van der Waals surface area contributed by atoms with Crippen molar-refractivity contribution in [3.8, 4) is 11.5 Å². The van der Waals surface area contributed by atoms with Crippen LogP contribution in [0.3, 0.4) is 0 Å². The van der Waals surface area contributed by atoms with E-state index in [-0.39, 0.29) is 5.54 Å². The van der Waals surface area contributed by atoms with Gasteiger partial charge < -0.3 is 15.2 Å². The van der Waals surface area contributed by atoms with Crippen LogP contribution in [0.2, 0.25) is 0 Å². The van der Waals surface area contributed by atoms with E-state index in [1.165, 1.54) is 12.8 Å². The van der Waals surface area contributed by atoms with Crippen molar-refractivity contribution in [1.29, 1.82) is 0 Å². The maximum atomic E-state index is 6.69. The second-order valence-electron chi connectivity index (χ2n) is 6.30. The summed E-state index contributed by atoms with van der Waals surface area (Å²) in [5.41, 5.74) is 7.54. The molecule has 3 heteroatoms. The summed E-state index contributed by atoms with van der Waals surface area (Å²) in [4.78, 5) is 0. The number of nitrogens with two attached hydrogens (primary N) is 1. The third kappa shape index (κ3) is 2.93. The van der Waals surface area contributed by atoms with E-state index in [2.05, 4.69) is 19.9 Å². The van der Waals surface area contributed by atoms with E-state index in [0.29, 0.717) is 0 Å². The van der Waals surface area contributed by atoms with E-state index in [0.717, 1.165) is 41.7 Å². The van der Waals surface area contributed by atoms with Gasteiger partial charge in [0.15, 0.2) is 0 Å². The maximum absolute atomic E-state index is 6.69. The van der Waals surface area contributed by atoms with E-state index in [4.69, 9.17) is 15.2 Å². The SMILES string of the molecule is COc1ccc(C2(N)CCC(C(C)C)CC2)c(OC)c1. The highest BCUT2D eigenvalue weighted by atomic mass is 16.5. The van der Waals surface area contributed by atoms with Gasteiger partial charge >= 0.3 is 0 Å². The van der Waals surface area contributed by atoms with Crippen molar-refractivity contribution in [2.45, 2.75) is 45.1 Å². The molecule has 0 atom stereocenters. The van der Waals surface area contributed by atoms with Crippen LogP contribution in [0.4, 0.5) is 0 Å². The Hall–Kier alpha value is -1.22. The van der Waals surface area contributed by atoms with Crippen molar-refractivity contribution in [2.75, 3.05) is 14.2 Å². The van der Waals surface area contributed by atoms with Crippen LogP contribution in [0.25, 0.3) is 0 Å². The third-order valence-electron chi connectivity index (χ3n) is 4.81. The fraction of sp³-hybridized carbons (Fsp3) is 0.647. The molecule has 1 aromatic carbocycles. The molecule has 2 rings (SSSR count). The van der Waals surface area contributed by atoms with Gasteiger partial charge in [0.05, 0.1) is 14.2 Å². The van der Waals surface area contributed by atoms with Crippen molar-refractivity contribution in [1.82, 2.24) is 0 Å². The van der Waals surface area contributed by atoms with Gasteiger partial charge in [0.25, 0.3) is 0 Å². The molecular weight excluding hydrogens is 250 g/mol. The molecule has 1 aromatic rings. The zero-order valence-electron chi connectivity index (χ0n) is 13.1. The first-order valence-corrected chi connectivity index (χ1v) is 7.51. The molecule has 2 N–H and O–H groups in total. The standard InChI is InChI=1S/C17H27NO2/c1-12(2)13-7-9-17(18,10-8-13)15-6-5-14(19-3)11-16(15)20-4/h5-6,11-13H,7-10,18H2,1-4H3. The summed E-state index contributed by atoms with van der Waals surface area (Å²) in [5.74, 6) is 3.20. The number of hydrogen-bond acceptors (Lipinski definition) is 3. The average Bonchev–Trinajstić information content (AvgIpc) is 2.46. The molecule has 0 aromatic heterocycles. The van der Waals surface area contributed by atoms with Crippen LogP contribution in [0.15, 0.2) is 18.2 Å². The van der Waals surface area contributed by atoms with E-state index >= 15 is 0 Å². The molecule has 0 heterocycles. The summed E-state index contributed by atoms with van der Waals surface area (Å²) in [5, 5.41) is 0. The maximum Gasteiger partial charge on any atom is 0.127 e. The molecule has 112 valence electrons. The minimum absolute atomic E-state index is 0.261. The van der Waals surface area contributed by atoms with Gasteiger partial charge in [-0.1, -0.05) is 13.8 Å². The van der Waals surface area contributed by atoms with Crippen LogP contribution >= 0.6 is 0 Å². The summed E-state index contributed by atoms with van der Waals surface area (Å²) in [6.45, 7) is 4.62. The summed E-state index contributed by atoms with van der Waals surface area (Å²) < 4.78 is 10.8. The number of methoxy groups -OCH3 is 2. The second kappa shape index (κ2) is 6.04. The van der Waals surface area contributed by atoms with Gasteiger partial charge in [-0.15, -0.1) is 0 Å². The second-order valence-corrected chi connectivity index (χ2v) is 6.30. The van der Waals surface area contributed by atoms with E-state index in [9.17, 15) is 0 Å². The molecule has 1 aliphatic carbocycles. The topological polar surface area (TPSA) is 44.5 Å². The molecule has 0 bridgehead atoms. The first-order valence-electron chi connectivity index (χ1n) is 7.51. The number of ether oxygens (including phenoxy) is 2. The van der Waals surface area contributed by atoms with Crippen LogP contribution in [0.1, 0.15) is 45.1 Å². The van der Waals surface area contributed by atoms with Gasteiger partial charge in [-0.25, -0.2) is 0 Å². The molecule has 0 unspecified atom stereocenters. The van der Waals surface area contributed by atoms with Gasteiger partial charge in [-0.05, 0) is 49.7 Å². The van der Waals surface area contributed by atoms with Crippen molar-refractivity contribution < 1.29 is 9.47 Å². The normalized spacial score (nSPS) is 26.6. The predicted octanol–water partition coefficient (Wildman–Crippen LogP) is 3.70. The van der Waals surface area contributed by atoms with E-state index in [1.807, 2.05) is 12.1 Å². The van der Waals surface area contributed by atoms with E-state index in [1.54, 1.807) is 14.2 Å². The lowest BCUT2D eigenvalue weighted by Crippen LogP contribution is -2.41. The molecule has 0 spiro atoms. The fourth-order valence-corrected chi connectivity index (χ4v) is 3.30. The van der Waals surface area contributed by atoms with E-state index < -0.39 is 0 Å². The fourth-order valence-electron chi connectivity index (χ4n) is 3.30. The van der Waals surface area contributed by atoms with Gasteiger partial charge in [-0.3, -0.25) is 0 Å². The number of rotatable bonds is 4. The lowest BCUT2D eigenvalue weighted by atomic mass is 9.70. The van der Waals surface area contributed by atoms with Crippen LogP contribution < -0.4 is 15.2 Å². The predicted molar refractivity (Wildman–Crippen MR) is 82.2 cm³/mol. The summed E-state index contributed by atoms with van der Waals surface area (Å²) >= 11 is 0. The Labute approximate surface area is 122 Å². The van der Waals surface area contributed by atoms with Crippen LogP contribution in [-0.4, -0.2) is 14.2 Å². The Bertz CT molecular complexity index is 448. The lowest BCUT2D eigenvalue weighted by molar-refractivity contribution is 0.192. The molecule has 0 aliphatic heterocycles. The zero-order valence-corrected chi connectivity index (χ0v) is 13.1. The zero-order chi connectivity index (χ0) is 14.8. The molecule has 0 amide bonds. The van der Waals surface area contributed by atoms with Crippen LogP contribution in [0.5, 0.6) is 11.5 Å². The Balaban J connectivity index is 2.23. The molecular formula is C17H27NO2. The molecule has 20 heavy (non-hydrogen) atoms. The van der Waals surface area contributed by atoms with Gasteiger partial charge in [0.2, 0.25) is 0 Å². The minimum atomic E-state index is -0.261. The highest BCUT2D eigenvalue weighted by molar-refractivity contribution is 5.44. The number of benzene rings is 1. The van der Waals surface area contributed by atoms with Crippen molar-refractivity contribution in [3.05, 3.63) is 23.8 Å². The Morgan fingerprint density at radius 3 is 2.30 bits per heavy atom. The van der Waals surface area contributed by atoms with Crippen LogP contribution in [-0.2, 0) is 5.54 Å². The first kappa shape index (κ1) is 15.2. The minimum Gasteiger partial charge on any atom is -0.497 e. The number of hydrogen-bond donors (Lipinski definition) is 1. The monoisotopic (exact) mass is 277 g/mol. The molecule has 1 saturated carbocycles. The smallest absolute Gasteiger partial charge is 0.127 e. The van der Waals surface area contributed by atoms with Crippen molar-refractivity contribution in [2.24, 2.45) is 17.6 Å². The van der Waals surface area contributed by atoms with Crippen molar-refractivity contribution >= 4 is 0 Å². The summed E-state index contributed by atoms with van der Waals surface area (Å²) in [6.07, 6.45) is 4.45. The molecule has 0 radical (unpaired) electrons. The Kier molecular flexibility index (Phi) is 4.59. The summed E-state index contributed by atoms with van der Waals surface area (Å²) in [7, 11) is 3.36. The van der Waals surface area contributed by atoms with Gasteiger partial charge in [0.1, 0.15) is 11.5 Å². The largest absolute Gasteiger partial charge is 0.497 e. The Morgan fingerprint density at radius 2 is 1.80 bits per heavy atom. The highest BCUT2D eigenvalue weighted by Gasteiger charge is 2.36. The Morgan fingerprint density at radius 1 is 1.15 bits per heavy atom. The lowest BCUT2D eigenvalue weighted by Gasteiger charge is -2.39. The van der Waals surface area contributed by atoms with Crippen LogP contribution in [0, 0.1) is 11.8 Å². The van der Waals surface area contributed by atoms with Gasteiger partial charge in [0, 0.05) is 17.2 Å². The molecule has 0 saturated heterocycles. The summed E-state index contributed by atoms with van der Waals surface area (Å²) in [6, 6.07) is 5.97. The molecule has 1 fully saturated rings. The highest BCUT2D eigenvalue weighted by Crippen LogP contribution is 2.43. The first-order chi connectivity index (χ1) is 9.50. The van der Waals surface area contributed by atoms with Crippen molar-refractivity contribution in [3.63, 3.8) is 0 Å². The molecule has 3 nitrogen and oxygen atoms in total. The average molecular weight is 277 g/mol.